The average Bonchev–Trinajstić information content (AvgIpc) is 2.15. The van der Waals surface area contributed by atoms with Gasteiger partial charge in [0.15, 0.2) is 0 Å². The first-order valence-electron chi connectivity index (χ1n) is 6.31. The Balaban J connectivity index is 3.78. The smallest absolute Gasteiger partial charge is 0.238 e. The summed E-state index contributed by atoms with van der Waals surface area (Å²) in [5, 5.41) is 3.34. The second kappa shape index (κ2) is 7.66. The molecule has 0 spiro atoms. The highest BCUT2D eigenvalue weighted by Crippen LogP contribution is 2.08. The van der Waals surface area contributed by atoms with Crippen molar-refractivity contribution in [2.24, 2.45) is 5.92 Å². The number of hydrogen-bond acceptors (Lipinski definition) is 2. The third kappa shape index (κ3) is 6.83. The lowest BCUT2D eigenvalue weighted by Crippen LogP contribution is -2.45. The normalized spacial score (nSPS) is 14.9. The summed E-state index contributed by atoms with van der Waals surface area (Å²) in [5.41, 5.74) is 0. The van der Waals surface area contributed by atoms with Crippen LogP contribution in [0.1, 0.15) is 47.0 Å². The molecule has 0 rings (SSSR count). The van der Waals surface area contributed by atoms with Gasteiger partial charge in [0.25, 0.3) is 0 Å². The fourth-order valence-corrected chi connectivity index (χ4v) is 1.80. The Kier molecular flexibility index (Phi) is 7.39. The monoisotopic (exact) mass is 228 g/mol. The molecular weight excluding hydrogens is 200 g/mol. The van der Waals surface area contributed by atoms with Crippen molar-refractivity contribution in [1.82, 2.24) is 10.2 Å². The van der Waals surface area contributed by atoms with Gasteiger partial charge in [0, 0.05) is 20.1 Å². The number of amides is 1. The van der Waals surface area contributed by atoms with E-state index in [1.165, 1.54) is 12.8 Å². The Bertz CT molecular complexity index is 202. The van der Waals surface area contributed by atoms with Gasteiger partial charge in [-0.25, -0.2) is 0 Å². The highest BCUT2D eigenvalue weighted by Gasteiger charge is 2.16. The molecule has 1 amide bonds. The lowest BCUT2D eigenvalue weighted by molar-refractivity contribution is -0.130. The van der Waals surface area contributed by atoms with E-state index in [1.807, 2.05) is 6.92 Å². The highest BCUT2D eigenvalue weighted by molar-refractivity contribution is 5.80. The Morgan fingerprint density at radius 3 is 2.12 bits per heavy atom. The number of hydrogen-bond donors (Lipinski definition) is 1. The molecule has 0 saturated carbocycles. The van der Waals surface area contributed by atoms with Crippen molar-refractivity contribution in [1.29, 1.82) is 0 Å². The van der Waals surface area contributed by atoms with E-state index in [0.29, 0.717) is 6.04 Å². The minimum absolute atomic E-state index is 0.0796. The summed E-state index contributed by atoms with van der Waals surface area (Å²) in [6.45, 7) is 8.58. The Morgan fingerprint density at radius 1 is 1.12 bits per heavy atom. The first kappa shape index (κ1) is 15.4. The molecule has 1 N–H and O–H groups in total. The van der Waals surface area contributed by atoms with Gasteiger partial charge in [-0.05, 0) is 26.2 Å². The van der Waals surface area contributed by atoms with Gasteiger partial charge in [0.2, 0.25) is 5.91 Å². The van der Waals surface area contributed by atoms with Gasteiger partial charge < -0.3 is 10.2 Å². The molecule has 0 saturated heterocycles. The predicted molar refractivity (Wildman–Crippen MR) is 69.4 cm³/mol. The molecular formula is C13H28N2O. The zero-order valence-corrected chi connectivity index (χ0v) is 11.7. The van der Waals surface area contributed by atoms with Crippen LogP contribution in [-0.2, 0) is 4.79 Å². The lowest BCUT2D eigenvalue weighted by Gasteiger charge is -2.22. The van der Waals surface area contributed by atoms with Crippen molar-refractivity contribution in [2.45, 2.75) is 59.0 Å². The molecule has 0 fully saturated rings. The molecule has 0 aliphatic carbocycles. The molecule has 0 aromatic carbocycles. The van der Waals surface area contributed by atoms with Crippen molar-refractivity contribution < 1.29 is 4.79 Å². The number of nitrogens with one attached hydrogen (secondary N) is 1. The standard InChI is InChI=1S/C13H28N2O/c1-10(2)8-7-9-11(3)14-12(4)13(16)15(5)6/h10-12,14H,7-9H2,1-6H3. The van der Waals surface area contributed by atoms with Crippen LogP contribution >= 0.6 is 0 Å². The van der Waals surface area contributed by atoms with Crippen molar-refractivity contribution in [3.63, 3.8) is 0 Å². The number of nitrogens with zero attached hydrogens (tertiary/aromatic N) is 1. The molecule has 96 valence electrons. The van der Waals surface area contributed by atoms with E-state index in [2.05, 4.69) is 26.1 Å². The second-order valence-corrected chi connectivity index (χ2v) is 5.35. The summed E-state index contributed by atoms with van der Waals surface area (Å²) in [4.78, 5) is 13.3. The average molecular weight is 228 g/mol. The van der Waals surface area contributed by atoms with E-state index in [0.717, 1.165) is 12.3 Å². The summed E-state index contributed by atoms with van der Waals surface area (Å²) in [6, 6.07) is 0.335. The van der Waals surface area contributed by atoms with Crippen LogP contribution in [0.2, 0.25) is 0 Å². The van der Waals surface area contributed by atoms with Crippen molar-refractivity contribution in [3.05, 3.63) is 0 Å². The van der Waals surface area contributed by atoms with Gasteiger partial charge >= 0.3 is 0 Å². The number of carbonyl (C=O) groups excluding carboxylic acids is 1. The molecule has 0 aliphatic rings. The highest BCUT2D eigenvalue weighted by atomic mass is 16.2. The first-order chi connectivity index (χ1) is 7.34. The fourth-order valence-electron chi connectivity index (χ4n) is 1.80. The molecule has 0 aromatic rings. The van der Waals surface area contributed by atoms with Gasteiger partial charge in [-0.1, -0.05) is 26.7 Å². The van der Waals surface area contributed by atoms with Gasteiger partial charge in [-0.3, -0.25) is 4.79 Å². The molecule has 0 aromatic heterocycles. The van der Waals surface area contributed by atoms with Crippen LogP contribution in [0.15, 0.2) is 0 Å². The van der Waals surface area contributed by atoms with E-state index in [-0.39, 0.29) is 11.9 Å². The molecule has 0 bridgehead atoms. The minimum atomic E-state index is -0.0796. The van der Waals surface area contributed by atoms with E-state index < -0.39 is 0 Å². The zero-order valence-electron chi connectivity index (χ0n) is 11.7. The third-order valence-corrected chi connectivity index (χ3v) is 2.76. The largest absolute Gasteiger partial charge is 0.347 e. The quantitative estimate of drug-likeness (QED) is 0.725. The molecule has 3 nitrogen and oxygen atoms in total. The maximum atomic E-state index is 11.6. The Labute approximate surface area is 101 Å². The third-order valence-electron chi connectivity index (χ3n) is 2.76. The van der Waals surface area contributed by atoms with E-state index in [4.69, 9.17) is 0 Å². The topological polar surface area (TPSA) is 32.3 Å². The first-order valence-corrected chi connectivity index (χ1v) is 6.31. The van der Waals surface area contributed by atoms with Crippen LogP contribution in [0, 0.1) is 5.92 Å². The van der Waals surface area contributed by atoms with Gasteiger partial charge in [-0.15, -0.1) is 0 Å². The van der Waals surface area contributed by atoms with Crippen LogP contribution in [0.5, 0.6) is 0 Å². The summed E-state index contributed by atoms with van der Waals surface area (Å²) in [7, 11) is 3.59. The maximum Gasteiger partial charge on any atom is 0.238 e. The summed E-state index contributed by atoms with van der Waals surface area (Å²) in [6.07, 6.45) is 3.64. The zero-order chi connectivity index (χ0) is 12.7. The van der Waals surface area contributed by atoms with Gasteiger partial charge in [0.05, 0.1) is 6.04 Å². The van der Waals surface area contributed by atoms with E-state index in [9.17, 15) is 4.79 Å². The molecule has 0 radical (unpaired) electrons. The summed E-state index contributed by atoms with van der Waals surface area (Å²) < 4.78 is 0. The van der Waals surface area contributed by atoms with Crippen LogP contribution in [0.25, 0.3) is 0 Å². The van der Waals surface area contributed by atoms with Crippen molar-refractivity contribution in [2.75, 3.05) is 14.1 Å². The predicted octanol–water partition coefficient (Wildman–Crippen LogP) is 2.27. The number of rotatable bonds is 7. The molecule has 3 heteroatoms. The van der Waals surface area contributed by atoms with Crippen LogP contribution in [0.3, 0.4) is 0 Å². The van der Waals surface area contributed by atoms with E-state index in [1.54, 1.807) is 19.0 Å². The molecule has 16 heavy (non-hydrogen) atoms. The summed E-state index contributed by atoms with van der Waals surface area (Å²) in [5.74, 6) is 0.920. The Morgan fingerprint density at radius 2 is 1.69 bits per heavy atom. The minimum Gasteiger partial charge on any atom is -0.347 e. The summed E-state index contributed by atoms with van der Waals surface area (Å²) >= 11 is 0. The van der Waals surface area contributed by atoms with Crippen LogP contribution in [-0.4, -0.2) is 37.0 Å². The van der Waals surface area contributed by atoms with Gasteiger partial charge in [-0.2, -0.15) is 0 Å². The van der Waals surface area contributed by atoms with Crippen molar-refractivity contribution >= 4 is 5.91 Å². The molecule has 2 unspecified atom stereocenters. The van der Waals surface area contributed by atoms with Crippen molar-refractivity contribution in [3.8, 4) is 0 Å². The number of carbonyl (C=O) groups is 1. The lowest BCUT2D eigenvalue weighted by atomic mass is 10.0. The SMILES string of the molecule is CC(C)CCCC(C)NC(C)C(=O)N(C)C. The number of likely N-dealkylation sites (N-methyl/N-ethyl adjacent to an activating group) is 1. The Hall–Kier alpha value is -0.570. The maximum absolute atomic E-state index is 11.6. The fraction of sp³-hybridized carbons (Fsp3) is 0.923. The van der Waals surface area contributed by atoms with Crippen LogP contribution < -0.4 is 5.32 Å². The molecule has 2 atom stereocenters. The molecule has 0 heterocycles. The van der Waals surface area contributed by atoms with Crippen LogP contribution in [0.4, 0.5) is 0 Å². The molecule has 0 aliphatic heterocycles. The second-order valence-electron chi connectivity index (χ2n) is 5.35. The van der Waals surface area contributed by atoms with Gasteiger partial charge in [0.1, 0.15) is 0 Å². The van der Waals surface area contributed by atoms with E-state index >= 15 is 0 Å².